The third-order valence-corrected chi connectivity index (χ3v) is 5.32. The molecule has 5 rings (SSSR count). The summed E-state index contributed by atoms with van der Waals surface area (Å²) < 4.78 is 0. The Labute approximate surface area is 121 Å². The molecule has 2 heterocycles. The van der Waals surface area contributed by atoms with E-state index in [4.69, 9.17) is 0 Å². The number of likely N-dealkylation sites (tertiary alicyclic amines) is 1. The largest absolute Gasteiger partial charge is 0.295 e. The lowest BCUT2D eigenvalue weighted by Gasteiger charge is -2.38. The Kier molecular flexibility index (Phi) is 2.58. The Hall–Kier alpha value is -1.98. The molecule has 0 aromatic heterocycles. The third-order valence-electron chi connectivity index (χ3n) is 5.32. The number of nitrogens with zero attached hydrogens (tertiary/aromatic N) is 1. The molecule has 5 aliphatic rings. The van der Waals surface area contributed by atoms with Gasteiger partial charge in [0, 0.05) is 6.42 Å². The van der Waals surface area contributed by atoms with Crippen molar-refractivity contribution in [3.05, 3.63) is 12.2 Å². The summed E-state index contributed by atoms with van der Waals surface area (Å²) in [5.41, 5.74) is 0. The first-order chi connectivity index (χ1) is 10.1. The molecule has 1 N–H and O–H groups in total. The zero-order valence-electron chi connectivity index (χ0n) is 11.5. The van der Waals surface area contributed by atoms with Crippen molar-refractivity contribution in [3.63, 3.8) is 0 Å². The Balaban J connectivity index is 1.66. The zero-order valence-corrected chi connectivity index (χ0v) is 11.5. The predicted molar refractivity (Wildman–Crippen MR) is 70.4 cm³/mol. The first kappa shape index (κ1) is 12.7. The Bertz CT molecular complexity index is 564. The van der Waals surface area contributed by atoms with Crippen molar-refractivity contribution in [2.75, 3.05) is 0 Å². The summed E-state index contributed by atoms with van der Waals surface area (Å²) >= 11 is 0. The van der Waals surface area contributed by atoms with Crippen LogP contribution in [-0.2, 0) is 19.2 Å². The molecule has 0 aromatic carbocycles. The molecule has 110 valence electrons. The second kappa shape index (κ2) is 4.26. The first-order valence-corrected chi connectivity index (χ1v) is 7.47. The maximum absolute atomic E-state index is 12.7. The molecule has 1 saturated carbocycles. The van der Waals surface area contributed by atoms with Gasteiger partial charge in [0.1, 0.15) is 6.04 Å². The number of allylic oxidation sites excluding steroid dienone is 2. The molecule has 2 bridgehead atoms. The van der Waals surface area contributed by atoms with Crippen LogP contribution in [0.25, 0.3) is 0 Å². The van der Waals surface area contributed by atoms with Crippen LogP contribution in [0.1, 0.15) is 25.7 Å². The van der Waals surface area contributed by atoms with Crippen LogP contribution in [-0.4, -0.2) is 34.6 Å². The van der Waals surface area contributed by atoms with Gasteiger partial charge in [0.05, 0.1) is 11.8 Å². The van der Waals surface area contributed by atoms with Crippen LogP contribution >= 0.6 is 0 Å². The molecule has 3 aliphatic carbocycles. The average Bonchev–Trinajstić information content (AvgIpc) is 2.75. The highest BCUT2D eigenvalue weighted by Crippen LogP contribution is 2.50. The number of amides is 4. The maximum Gasteiger partial charge on any atom is 0.249 e. The smallest absolute Gasteiger partial charge is 0.249 e. The van der Waals surface area contributed by atoms with Crippen LogP contribution in [0.4, 0.5) is 0 Å². The Morgan fingerprint density at radius 2 is 1.48 bits per heavy atom. The molecule has 0 aromatic rings. The average molecular weight is 288 g/mol. The van der Waals surface area contributed by atoms with E-state index >= 15 is 0 Å². The monoisotopic (exact) mass is 288 g/mol. The summed E-state index contributed by atoms with van der Waals surface area (Å²) in [6.07, 6.45) is 6.39. The highest BCUT2D eigenvalue weighted by atomic mass is 16.2. The van der Waals surface area contributed by atoms with Crippen LogP contribution in [0.5, 0.6) is 0 Å². The summed E-state index contributed by atoms with van der Waals surface area (Å²) in [6, 6.07) is -0.812. The van der Waals surface area contributed by atoms with E-state index < -0.39 is 11.9 Å². The molecule has 0 unspecified atom stereocenters. The third kappa shape index (κ3) is 1.65. The van der Waals surface area contributed by atoms with Crippen molar-refractivity contribution in [2.45, 2.75) is 31.7 Å². The zero-order chi connectivity index (χ0) is 14.7. The summed E-state index contributed by atoms with van der Waals surface area (Å²) in [5.74, 6) is -1.67. The second-order valence-corrected chi connectivity index (χ2v) is 6.35. The quantitative estimate of drug-likeness (QED) is 0.543. The summed E-state index contributed by atoms with van der Waals surface area (Å²) in [7, 11) is 0. The van der Waals surface area contributed by atoms with E-state index in [1.807, 2.05) is 0 Å². The number of piperidine rings is 1. The fraction of sp³-hybridized carbons (Fsp3) is 0.600. The van der Waals surface area contributed by atoms with Crippen LogP contribution in [0, 0.1) is 23.7 Å². The highest BCUT2D eigenvalue weighted by Gasteiger charge is 2.58. The molecule has 6 nitrogen and oxygen atoms in total. The molecular weight excluding hydrogens is 272 g/mol. The maximum atomic E-state index is 12.7. The standard InChI is InChI=1S/C15H16N2O4/c18-10-6-5-9(13(19)16-10)17-14(20)11-7-1-2-8(4-3-7)12(11)15(17)21/h1-2,7-9,11-12H,3-6H2,(H,16,18,19)/t7-,8-,9+,11+,12+/m0/s1. The number of hydrogen-bond acceptors (Lipinski definition) is 4. The van der Waals surface area contributed by atoms with Gasteiger partial charge in [-0.25, -0.2) is 0 Å². The fourth-order valence-electron chi connectivity index (χ4n) is 4.33. The molecule has 21 heavy (non-hydrogen) atoms. The SMILES string of the molecule is O=C1CC[C@@H](N2C(=O)[C@H]3[C@H](C2=O)[C@H]2C=C[C@H]3CC2)C(=O)N1. The number of imide groups is 2. The van der Waals surface area contributed by atoms with E-state index in [0.29, 0.717) is 0 Å². The fourth-order valence-corrected chi connectivity index (χ4v) is 4.33. The molecule has 0 radical (unpaired) electrons. The summed E-state index contributed by atoms with van der Waals surface area (Å²) in [6.45, 7) is 0. The lowest BCUT2D eigenvalue weighted by Crippen LogP contribution is -2.54. The lowest BCUT2D eigenvalue weighted by atomic mass is 9.63. The molecule has 4 amide bonds. The normalized spacial score (nSPS) is 41.5. The lowest BCUT2D eigenvalue weighted by molar-refractivity contribution is -0.151. The molecule has 6 heteroatoms. The minimum atomic E-state index is -0.812. The number of hydrogen-bond donors (Lipinski definition) is 1. The number of fused-ring (bicyclic) bond motifs is 1. The van der Waals surface area contributed by atoms with Gasteiger partial charge in [-0.2, -0.15) is 0 Å². The van der Waals surface area contributed by atoms with E-state index in [0.717, 1.165) is 17.7 Å². The number of carbonyl (C=O) groups is 4. The van der Waals surface area contributed by atoms with E-state index in [9.17, 15) is 19.2 Å². The van der Waals surface area contributed by atoms with Crippen molar-refractivity contribution in [3.8, 4) is 0 Å². The number of carbonyl (C=O) groups excluding carboxylic acids is 4. The summed E-state index contributed by atoms with van der Waals surface area (Å²) in [5, 5.41) is 2.23. The van der Waals surface area contributed by atoms with Gasteiger partial charge < -0.3 is 0 Å². The van der Waals surface area contributed by atoms with E-state index in [2.05, 4.69) is 17.5 Å². The molecule has 5 atom stereocenters. The van der Waals surface area contributed by atoms with Crippen molar-refractivity contribution in [1.82, 2.24) is 10.2 Å². The summed E-state index contributed by atoms with van der Waals surface area (Å²) in [4.78, 5) is 49.7. The van der Waals surface area contributed by atoms with Gasteiger partial charge in [-0.1, -0.05) is 12.2 Å². The van der Waals surface area contributed by atoms with Crippen molar-refractivity contribution in [1.29, 1.82) is 0 Å². The van der Waals surface area contributed by atoms with Gasteiger partial charge in [-0.05, 0) is 31.1 Å². The van der Waals surface area contributed by atoms with Gasteiger partial charge >= 0.3 is 0 Å². The van der Waals surface area contributed by atoms with Crippen molar-refractivity contribution >= 4 is 23.6 Å². The van der Waals surface area contributed by atoms with Crippen LogP contribution in [0.2, 0.25) is 0 Å². The van der Waals surface area contributed by atoms with Gasteiger partial charge in [0.2, 0.25) is 23.6 Å². The van der Waals surface area contributed by atoms with Gasteiger partial charge in [-0.3, -0.25) is 29.4 Å². The van der Waals surface area contributed by atoms with Crippen molar-refractivity contribution in [2.24, 2.45) is 23.7 Å². The van der Waals surface area contributed by atoms with Crippen LogP contribution in [0.3, 0.4) is 0 Å². The topological polar surface area (TPSA) is 83.6 Å². The Morgan fingerprint density at radius 3 is 1.95 bits per heavy atom. The van der Waals surface area contributed by atoms with Gasteiger partial charge in [0.15, 0.2) is 0 Å². The molecule has 2 saturated heterocycles. The highest BCUT2D eigenvalue weighted by molar-refractivity contribution is 6.11. The minimum absolute atomic E-state index is 0.120. The van der Waals surface area contributed by atoms with E-state index in [1.165, 1.54) is 0 Å². The van der Waals surface area contributed by atoms with Crippen LogP contribution < -0.4 is 5.32 Å². The second-order valence-electron chi connectivity index (χ2n) is 6.35. The molecule has 3 fully saturated rings. The first-order valence-electron chi connectivity index (χ1n) is 7.47. The number of rotatable bonds is 1. The van der Waals surface area contributed by atoms with E-state index in [-0.39, 0.29) is 54.2 Å². The Morgan fingerprint density at radius 1 is 0.905 bits per heavy atom. The molecule has 0 spiro atoms. The van der Waals surface area contributed by atoms with E-state index in [1.54, 1.807) is 0 Å². The molecule has 2 aliphatic heterocycles. The minimum Gasteiger partial charge on any atom is -0.295 e. The van der Waals surface area contributed by atoms with Crippen LogP contribution in [0.15, 0.2) is 12.2 Å². The van der Waals surface area contributed by atoms with Crippen molar-refractivity contribution < 1.29 is 19.2 Å². The predicted octanol–water partition coefficient (Wildman–Crippen LogP) is -0.0112. The van der Waals surface area contributed by atoms with Gasteiger partial charge in [-0.15, -0.1) is 0 Å². The number of nitrogens with one attached hydrogen (secondary N) is 1. The molecular formula is C15H16N2O4. The van der Waals surface area contributed by atoms with Gasteiger partial charge in [0.25, 0.3) is 0 Å².